The summed E-state index contributed by atoms with van der Waals surface area (Å²) in [4.78, 5) is 30.5. The van der Waals surface area contributed by atoms with Gasteiger partial charge in [0.2, 0.25) is 5.91 Å². The zero-order chi connectivity index (χ0) is 16.9. The molecule has 1 saturated heterocycles. The number of thiophene rings is 1. The Morgan fingerprint density at radius 1 is 0.958 bits per heavy atom. The summed E-state index contributed by atoms with van der Waals surface area (Å²) in [6.45, 7) is 5.11. The molecule has 0 atom stereocenters. The molecule has 1 aliphatic rings. The van der Waals surface area contributed by atoms with Crippen molar-refractivity contribution in [3.63, 3.8) is 0 Å². The normalized spacial score (nSPS) is 14.7. The number of nitrogens with zero attached hydrogens (tertiary/aromatic N) is 2. The predicted molar refractivity (Wildman–Crippen MR) is 97.9 cm³/mol. The molecule has 0 spiro atoms. The second kappa shape index (κ2) is 7.62. The summed E-state index contributed by atoms with van der Waals surface area (Å²) in [6, 6.07) is 14.1. The van der Waals surface area contributed by atoms with Crippen molar-refractivity contribution in [1.82, 2.24) is 4.90 Å². The van der Waals surface area contributed by atoms with Gasteiger partial charge in [-0.15, -0.1) is 11.3 Å². The fourth-order valence-corrected chi connectivity index (χ4v) is 3.77. The smallest absolute Gasteiger partial charge is 0.223 e. The summed E-state index contributed by atoms with van der Waals surface area (Å²) < 4.78 is 0. The van der Waals surface area contributed by atoms with Crippen molar-refractivity contribution in [1.29, 1.82) is 0 Å². The monoisotopic (exact) mass is 342 g/mol. The average Bonchev–Trinajstić information content (AvgIpc) is 3.07. The summed E-state index contributed by atoms with van der Waals surface area (Å²) in [5, 5.41) is 0. The number of amides is 1. The number of carbonyl (C=O) groups is 2. The minimum absolute atomic E-state index is 0.0735. The standard InChI is InChI=1S/C19H22N2O2S/c1-15-7-9-18(24-15)17(22)8-10-19(23)21-13-11-20(12-14-21)16-5-3-2-4-6-16/h2-7,9H,8,10-14H2,1H3. The molecule has 0 unspecified atom stereocenters. The molecular formula is C19H22N2O2S. The molecule has 1 fully saturated rings. The number of rotatable bonds is 5. The highest BCUT2D eigenvalue weighted by atomic mass is 32.1. The Kier molecular flexibility index (Phi) is 5.30. The first-order valence-electron chi connectivity index (χ1n) is 8.31. The van der Waals surface area contributed by atoms with E-state index in [1.807, 2.05) is 42.2 Å². The minimum atomic E-state index is 0.0735. The lowest BCUT2D eigenvalue weighted by atomic mass is 10.1. The van der Waals surface area contributed by atoms with Gasteiger partial charge in [-0.2, -0.15) is 0 Å². The summed E-state index contributed by atoms with van der Waals surface area (Å²) in [7, 11) is 0. The molecule has 0 aliphatic carbocycles. The van der Waals surface area contributed by atoms with Crippen molar-refractivity contribution < 1.29 is 9.59 Å². The maximum absolute atomic E-state index is 12.3. The van der Waals surface area contributed by atoms with E-state index < -0.39 is 0 Å². The third-order valence-electron chi connectivity index (χ3n) is 4.33. The number of para-hydroxylation sites is 1. The van der Waals surface area contributed by atoms with Crippen LogP contribution in [0.2, 0.25) is 0 Å². The lowest BCUT2D eigenvalue weighted by Crippen LogP contribution is -2.48. The van der Waals surface area contributed by atoms with Gasteiger partial charge < -0.3 is 9.80 Å². The molecule has 1 aromatic heterocycles. The lowest BCUT2D eigenvalue weighted by molar-refractivity contribution is -0.131. The fraction of sp³-hybridized carbons (Fsp3) is 0.368. The zero-order valence-electron chi connectivity index (χ0n) is 13.9. The summed E-state index contributed by atoms with van der Waals surface area (Å²) in [5.41, 5.74) is 1.20. The van der Waals surface area contributed by atoms with E-state index in [1.165, 1.54) is 17.0 Å². The molecule has 0 N–H and O–H groups in total. The van der Waals surface area contributed by atoms with Gasteiger partial charge in [-0.1, -0.05) is 18.2 Å². The average molecular weight is 342 g/mol. The second-order valence-corrected chi connectivity index (χ2v) is 7.32. The zero-order valence-corrected chi connectivity index (χ0v) is 14.7. The molecule has 3 rings (SSSR count). The number of benzene rings is 1. The maximum Gasteiger partial charge on any atom is 0.223 e. The summed E-state index contributed by atoms with van der Waals surface area (Å²) in [6.07, 6.45) is 0.610. The highest BCUT2D eigenvalue weighted by Gasteiger charge is 2.22. The Balaban J connectivity index is 1.46. The number of piperazine rings is 1. The van der Waals surface area contributed by atoms with Crippen molar-refractivity contribution in [2.45, 2.75) is 19.8 Å². The quantitative estimate of drug-likeness (QED) is 0.782. The lowest BCUT2D eigenvalue weighted by Gasteiger charge is -2.36. The van der Waals surface area contributed by atoms with Crippen LogP contribution in [0.1, 0.15) is 27.4 Å². The van der Waals surface area contributed by atoms with Gasteiger partial charge in [-0.25, -0.2) is 0 Å². The van der Waals surface area contributed by atoms with Crippen LogP contribution in [0.5, 0.6) is 0 Å². The van der Waals surface area contributed by atoms with Gasteiger partial charge in [-0.3, -0.25) is 9.59 Å². The SMILES string of the molecule is Cc1ccc(C(=O)CCC(=O)N2CCN(c3ccccc3)CC2)s1. The number of ketones is 1. The highest BCUT2D eigenvalue weighted by Crippen LogP contribution is 2.19. The van der Waals surface area contributed by atoms with E-state index in [0.717, 1.165) is 35.9 Å². The van der Waals surface area contributed by atoms with Crippen molar-refractivity contribution in [2.24, 2.45) is 0 Å². The van der Waals surface area contributed by atoms with Crippen molar-refractivity contribution in [3.05, 3.63) is 52.2 Å². The first-order valence-corrected chi connectivity index (χ1v) is 9.12. The van der Waals surface area contributed by atoms with E-state index in [-0.39, 0.29) is 11.7 Å². The highest BCUT2D eigenvalue weighted by molar-refractivity contribution is 7.14. The van der Waals surface area contributed by atoms with Crippen LogP contribution in [0.25, 0.3) is 0 Å². The molecule has 5 heteroatoms. The molecule has 1 amide bonds. The van der Waals surface area contributed by atoms with Crippen molar-refractivity contribution in [2.75, 3.05) is 31.1 Å². The van der Waals surface area contributed by atoms with Gasteiger partial charge in [-0.05, 0) is 31.2 Å². The molecule has 0 saturated carbocycles. The van der Waals surface area contributed by atoms with E-state index >= 15 is 0 Å². The van der Waals surface area contributed by atoms with E-state index in [2.05, 4.69) is 17.0 Å². The third kappa shape index (κ3) is 4.03. The number of carbonyl (C=O) groups excluding carboxylic acids is 2. The first-order chi connectivity index (χ1) is 11.6. The van der Waals surface area contributed by atoms with Gasteiger partial charge >= 0.3 is 0 Å². The topological polar surface area (TPSA) is 40.6 Å². The Hall–Kier alpha value is -2.14. The molecule has 1 aromatic carbocycles. The molecule has 24 heavy (non-hydrogen) atoms. The Bertz CT molecular complexity index is 703. The Labute approximate surface area is 146 Å². The molecule has 0 radical (unpaired) electrons. The van der Waals surface area contributed by atoms with E-state index in [1.54, 1.807) is 0 Å². The number of Topliss-reactive ketones (excluding diaryl/α,β-unsaturated/α-hetero) is 1. The Morgan fingerprint density at radius 2 is 1.67 bits per heavy atom. The van der Waals surface area contributed by atoms with Crippen molar-refractivity contribution >= 4 is 28.7 Å². The largest absolute Gasteiger partial charge is 0.368 e. The second-order valence-electron chi connectivity index (χ2n) is 6.04. The fourth-order valence-electron chi connectivity index (χ4n) is 2.94. The number of hydrogen-bond donors (Lipinski definition) is 0. The van der Waals surface area contributed by atoms with Crippen LogP contribution in [0.4, 0.5) is 5.69 Å². The molecular weight excluding hydrogens is 320 g/mol. The van der Waals surface area contributed by atoms with Gasteiger partial charge in [0.25, 0.3) is 0 Å². The molecule has 126 valence electrons. The van der Waals surface area contributed by atoms with Crippen LogP contribution >= 0.6 is 11.3 Å². The molecule has 2 heterocycles. The van der Waals surface area contributed by atoms with E-state index in [0.29, 0.717) is 12.8 Å². The van der Waals surface area contributed by atoms with Gasteiger partial charge in [0, 0.05) is 49.6 Å². The number of aryl methyl sites for hydroxylation is 1. The maximum atomic E-state index is 12.3. The predicted octanol–water partition coefficient (Wildman–Crippen LogP) is 3.37. The van der Waals surface area contributed by atoms with E-state index in [4.69, 9.17) is 0 Å². The molecule has 2 aromatic rings. The molecule has 4 nitrogen and oxygen atoms in total. The van der Waals surface area contributed by atoms with E-state index in [9.17, 15) is 9.59 Å². The van der Waals surface area contributed by atoms with Gasteiger partial charge in [0.1, 0.15) is 0 Å². The number of anilines is 1. The van der Waals surface area contributed by atoms with Crippen LogP contribution in [0, 0.1) is 6.92 Å². The van der Waals surface area contributed by atoms with Crippen LogP contribution < -0.4 is 4.90 Å². The van der Waals surface area contributed by atoms with Crippen LogP contribution in [0.3, 0.4) is 0 Å². The van der Waals surface area contributed by atoms with Crippen molar-refractivity contribution in [3.8, 4) is 0 Å². The Morgan fingerprint density at radius 3 is 2.29 bits per heavy atom. The van der Waals surface area contributed by atoms with Crippen LogP contribution in [0.15, 0.2) is 42.5 Å². The minimum Gasteiger partial charge on any atom is -0.368 e. The van der Waals surface area contributed by atoms with Crippen LogP contribution in [-0.4, -0.2) is 42.8 Å². The van der Waals surface area contributed by atoms with Gasteiger partial charge in [0.15, 0.2) is 5.78 Å². The summed E-state index contributed by atoms with van der Waals surface area (Å²) >= 11 is 1.50. The number of hydrogen-bond acceptors (Lipinski definition) is 4. The first kappa shape index (κ1) is 16.7. The molecule has 0 bridgehead atoms. The van der Waals surface area contributed by atoms with Gasteiger partial charge in [0.05, 0.1) is 4.88 Å². The third-order valence-corrected chi connectivity index (χ3v) is 5.38. The molecule has 1 aliphatic heterocycles. The summed E-state index contributed by atoms with van der Waals surface area (Å²) in [5.74, 6) is 0.161. The van der Waals surface area contributed by atoms with Crippen LogP contribution in [-0.2, 0) is 4.79 Å².